The van der Waals surface area contributed by atoms with E-state index in [1.165, 1.54) is 0 Å². The standard InChI is InChI=1S/C17H18ClNO/c1-3-15(13-7-5-4-6-8-13)17(20)19-16-11-14(18)10-9-12(16)2/h4-11,15H,3H2,1-2H3,(H,19,20). The number of carbonyl (C=O) groups excluding carboxylic acids is 1. The molecular weight excluding hydrogens is 270 g/mol. The van der Waals surface area contributed by atoms with Crippen LogP contribution in [-0.2, 0) is 4.79 Å². The highest BCUT2D eigenvalue weighted by atomic mass is 35.5. The molecule has 2 rings (SSSR count). The Balaban J connectivity index is 2.20. The number of hydrogen-bond donors (Lipinski definition) is 1. The predicted molar refractivity (Wildman–Crippen MR) is 84.3 cm³/mol. The van der Waals surface area contributed by atoms with E-state index in [1.807, 2.05) is 56.3 Å². The molecule has 1 atom stereocenters. The summed E-state index contributed by atoms with van der Waals surface area (Å²) in [5.41, 5.74) is 2.81. The van der Waals surface area contributed by atoms with Crippen LogP contribution in [0.2, 0.25) is 5.02 Å². The van der Waals surface area contributed by atoms with Gasteiger partial charge in [-0.25, -0.2) is 0 Å². The van der Waals surface area contributed by atoms with Crippen molar-refractivity contribution in [1.29, 1.82) is 0 Å². The summed E-state index contributed by atoms with van der Waals surface area (Å²) in [6.45, 7) is 3.97. The molecule has 2 nitrogen and oxygen atoms in total. The van der Waals surface area contributed by atoms with E-state index in [0.29, 0.717) is 5.02 Å². The normalized spacial score (nSPS) is 11.9. The quantitative estimate of drug-likeness (QED) is 0.861. The van der Waals surface area contributed by atoms with Gasteiger partial charge in [-0.05, 0) is 36.6 Å². The number of benzene rings is 2. The second-order valence-electron chi connectivity index (χ2n) is 4.82. The number of aryl methyl sites for hydroxylation is 1. The number of halogens is 1. The van der Waals surface area contributed by atoms with Gasteiger partial charge in [-0.1, -0.05) is 54.9 Å². The van der Waals surface area contributed by atoms with Gasteiger partial charge in [-0.2, -0.15) is 0 Å². The smallest absolute Gasteiger partial charge is 0.231 e. The molecule has 0 spiro atoms. The fourth-order valence-electron chi connectivity index (χ4n) is 2.21. The van der Waals surface area contributed by atoms with Crippen LogP contribution in [0.25, 0.3) is 0 Å². The van der Waals surface area contributed by atoms with Crippen LogP contribution in [0.15, 0.2) is 48.5 Å². The Morgan fingerprint density at radius 1 is 1.20 bits per heavy atom. The summed E-state index contributed by atoms with van der Waals surface area (Å²) in [5, 5.41) is 3.60. The molecule has 1 unspecified atom stereocenters. The lowest BCUT2D eigenvalue weighted by atomic mass is 9.95. The maximum atomic E-state index is 12.5. The molecule has 0 aliphatic rings. The largest absolute Gasteiger partial charge is 0.325 e. The zero-order valence-corrected chi connectivity index (χ0v) is 12.4. The monoisotopic (exact) mass is 287 g/mol. The van der Waals surface area contributed by atoms with Crippen LogP contribution in [0.4, 0.5) is 5.69 Å². The van der Waals surface area contributed by atoms with Gasteiger partial charge in [0.05, 0.1) is 5.92 Å². The van der Waals surface area contributed by atoms with Crippen molar-refractivity contribution in [2.45, 2.75) is 26.2 Å². The van der Waals surface area contributed by atoms with Crippen molar-refractivity contribution in [3.05, 3.63) is 64.7 Å². The fourth-order valence-corrected chi connectivity index (χ4v) is 2.38. The van der Waals surface area contributed by atoms with E-state index in [1.54, 1.807) is 6.07 Å². The Morgan fingerprint density at radius 3 is 2.55 bits per heavy atom. The van der Waals surface area contributed by atoms with Crippen LogP contribution in [0, 0.1) is 6.92 Å². The molecule has 104 valence electrons. The van der Waals surface area contributed by atoms with Crippen LogP contribution in [0.1, 0.15) is 30.4 Å². The number of anilines is 1. The van der Waals surface area contributed by atoms with E-state index < -0.39 is 0 Å². The molecule has 3 heteroatoms. The number of rotatable bonds is 4. The second-order valence-corrected chi connectivity index (χ2v) is 5.26. The molecule has 0 heterocycles. The second kappa shape index (κ2) is 6.58. The molecule has 0 saturated heterocycles. The summed E-state index contributed by atoms with van der Waals surface area (Å²) in [6.07, 6.45) is 0.759. The van der Waals surface area contributed by atoms with Gasteiger partial charge >= 0.3 is 0 Å². The topological polar surface area (TPSA) is 29.1 Å². The van der Waals surface area contributed by atoms with E-state index in [9.17, 15) is 4.79 Å². The molecule has 1 N–H and O–H groups in total. The molecule has 0 saturated carbocycles. The van der Waals surface area contributed by atoms with Crippen LogP contribution < -0.4 is 5.32 Å². The van der Waals surface area contributed by atoms with Gasteiger partial charge in [0.2, 0.25) is 5.91 Å². The molecule has 20 heavy (non-hydrogen) atoms. The van der Waals surface area contributed by atoms with E-state index in [2.05, 4.69) is 5.32 Å². The average molecular weight is 288 g/mol. The Morgan fingerprint density at radius 2 is 1.90 bits per heavy atom. The lowest BCUT2D eigenvalue weighted by Crippen LogP contribution is -2.21. The molecule has 0 radical (unpaired) electrons. The van der Waals surface area contributed by atoms with Crippen molar-refractivity contribution in [2.24, 2.45) is 0 Å². The van der Waals surface area contributed by atoms with E-state index in [0.717, 1.165) is 23.2 Å². The minimum Gasteiger partial charge on any atom is -0.325 e. The van der Waals surface area contributed by atoms with Crippen molar-refractivity contribution < 1.29 is 4.79 Å². The summed E-state index contributed by atoms with van der Waals surface area (Å²) in [5.74, 6) is -0.140. The third-order valence-corrected chi connectivity index (χ3v) is 3.62. The summed E-state index contributed by atoms with van der Waals surface area (Å²) in [7, 11) is 0. The molecule has 0 aliphatic heterocycles. The van der Waals surface area contributed by atoms with E-state index >= 15 is 0 Å². The molecule has 0 aliphatic carbocycles. The SMILES string of the molecule is CCC(C(=O)Nc1cc(Cl)ccc1C)c1ccccc1. The highest BCUT2D eigenvalue weighted by Crippen LogP contribution is 2.24. The fraction of sp³-hybridized carbons (Fsp3) is 0.235. The average Bonchev–Trinajstić information content (AvgIpc) is 2.45. The summed E-state index contributed by atoms with van der Waals surface area (Å²) in [6, 6.07) is 15.3. The lowest BCUT2D eigenvalue weighted by molar-refractivity contribution is -0.117. The number of nitrogens with one attached hydrogen (secondary N) is 1. The first-order chi connectivity index (χ1) is 9.61. The number of hydrogen-bond acceptors (Lipinski definition) is 1. The van der Waals surface area contributed by atoms with Crippen molar-refractivity contribution in [1.82, 2.24) is 0 Å². The maximum Gasteiger partial charge on any atom is 0.231 e. The third-order valence-electron chi connectivity index (χ3n) is 3.38. The molecule has 2 aromatic rings. The van der Waals surface area contributed by atoms with Gasteiger partial charge in [0.25, 0.3) is 0 Å². The van der Waals surface area contributed by atoms with Gasteiger partial charge in [0, 0.05) is 10.7 Å². The molecule has 2 aromatic carbocycles. The van der Waals surface area contributed by atoms with Crippen LogP contribution in [-0.4, -0.2) is 5.91 Å². The third kappa shape index (κ3) is 3.40. The van der Waals surface area contributed by atoms with E-state index in [4.69, 9.17) is 11.6 Å². The zero-order valence-electron chi connectivity index (χ0n) is 11.7. The van der Waals surface area contributed by atoms with Crippen LogP contribution in [0.3, 0.4) is 0 Å². The molecule has 0 aromatic heterocycles. The van der Waals surface area contributed by atoms with Crippen molar-refractivity contribution in [3.63, 3.8) is 0 Å². The van der Waals surface area contributed by atoms with Gasteiger partial charge in [-0.15, -0.1) is 0 Å². The summed E-state index contributed by atoms with van der Waals surface area (Å²) >= 11 is 5.98. The van der Waals surface area contributed by atoms with Crippen LogP contribution >= 0.6 is 11.6 Å². The zero-order chi connectivity index (χ0) is 14.5. The predicted octanol–water partition coefficient (Wildman–Crippen LogP) is 4.78. The highest BCUT2D eigenvalue weighted by molar-refractivity contribution is 6.31. The Bertz CT molecular complexity index is 595. The lowest BCUT2D eigenvalue weighted by Gasteiger charge is -2.16. The molecule has 0 bridgehead atoms. The first-order valence-electron chi connectivity index (χ1n) is 6.73. The summed E-state index contributed by atoms with van der Waals surface area (Å²) in [4.78, 5) is 12.5. The van der Waals surface area contributed by atoms with Gasteiger partial charge in [-0.3, -0.25) is 4.79 Å². The molecule has 1 amide bonds. The Labute approximate surface area is 124 Å². The van der Waals surface area contributed by atoms with Gasteiger partial charge in [0.1, 0.15) is 0 Å². The van der Waals surface area contributed by atoms with Gasteiger partial charge < -0.3 is 5.32 Å². The Kier molecular flexibility index (Phi) is 4.80. The minimum absolute atomic E-state index is 0.00377. The highest BCUT2D eigenvalue weighted by Gasteiger charge is 2.19. The first-order valence-corrected chi connectivity index (χ1v) is 7.11. The first kappa shape index (κ1) is 14.6. The minimum atomic E-state index is -0.144. The van der Waals surface area contributed by atoms with Gasteiger partial charge in [0.15, 0.2) is 0 Å². The maximum absolute atomic E-state index is 12.5. The van der Waals surface area contributed by atoms with Crippen molar-refractivity contribution in [3.8, 4) is 0 Å². The van der Waals surface area contributed by atoms with Crippen molar-refractivity contribution in [2.75, 3.05) is 5.32 Å². The van der Waals surface area contributed by atoms with E-state index in [-0.39, 0.29) is 11.8 Å². The number of amides is 1. The molecular formula is C17H18ClNO. The van der Waals surface area contributed by atoms with Crippen LogP contribution in [0.5, 0.6) is 0 Å². The summed E-state index contributed by atoms with van der Waals surface area (Å²) < 4.78 is 0. The number of carbonyl (C=O) groups is 1. The Hall–Kier alpha value is -1.80. The van der Waals surface area contributed by atoms with Crippen molar-refractivity contribution >= 4 is 23.2 Å². The molecule has 0 fully saturated rings.